The van der Waals surface area contributed by atoms with Gasteiger partial charge in [0.25, 0.3) is 0 Å². The molecule has 0 bridgehead atoms. The van der Waals surface area contributed by atoms with Crippen molar-refractivity contribution < 1.29 is 5.11 Å². The van der Waals surface area contributed by atoms with E-state index < -0.39 is 0 Å². The standard InChI is InChI=1S/C16H14ClN3O/c1-9-5-10(2)7-12(6-9)19-20-15-13-8-11(17)3-4-14(13)18-16(15)21/h3-8,18,21H,1-2H3. The molecule has 2 N–H and O–H groups in total. The number of aromatic hydroxyl groups is 1. The van der Waals surface area contributed by atoms with Crippen molar-refractivity contribution in [3.05, 3.63) is 52.5 Å². The molecule has 0 atom stereocenters. The fourth-order valence-corrected chi connectivity index (χ4v) is 2.53. The van der Waals surface area contributed by atoms with E-state index in [4.69, 9.17) is 11.6 Å². The summed E-state index contributed by atoms with van der Waals surface area (Å²) >= 11 is 5.99. The van der Waals surface area contributed by atoms with E-state index in [9.17, 15) is 5.11 Å². The van der Waals surface area contributed by atoms with Crippen LogP contribution in [0.1, 0.15) is 11.1 Å². The lowest BCUT2D eigenvalue weighted by molar-refractivity contribution is 0.459. The van der Waals surface area contributed by atoms with E-state index in [0.29, 0.717) is 10.7 Å². The zero-order valence-electron chi connectivity index (χ0n) is 11.7. The Kier molecular flexibility index (Phi) is 3.39. The molecule has 3 rings (SSSR count). The normalized spacial score (nSPS) is 11.6. The molecule has 4 nitrogen and oxygen atoms in total. The fraction of sp³-hybridized carbons (Fsp3) is 0.125. The molecule has 0 saturated heterocycles. The SMILES string of the molecule is Cc1cc(C)cc(N=Nc2c(O)[nH]c3ccc(Cl)cc23)c1. The Morgan fingerprint density at radius 2 is 1.71 bits per heavy atom. The number of fused-ring (bicyclic) bond motifs is 1. The second kappa shape index (κ2) is 5.22. The number of hydrogen-bond acceptors (Lipinski definition) is 3. The molecule has 1 heterocycles. The van der Waals surface area contributed by atoms with Crippen LogP contribution in [0, 0.1) is 13.8 Å². The molecule has 0 fully saturated rings. The second-order valence-electron chi connectivity index (χ2n) is 5.06. The van der Waals surface area contributed by atoms with Gasteiger partial charge in [-0.1, -0.05) is 17.7 Å². The Labute approximate surface area is 127 Å². The Morgan fingerprint density at radius 1 is 1.00 bits per heavy atom. The van der Waals surface area contributed by atoms with Crippen molar-refractivity contribution in [2.45, 2.75) is 13.8 Å². The van der Waals surface area contributed by atoms with Gasteiger partial charge in [-0.15, -0.1) is 5.11 Å². The second-order valence-corrected chi connectivity index (χ2v) is 5.49. The summed E-state index contributed by atoms with van der Waals surface area (Å²) in [5.41, 5.74) is 4.16. The quantitative estimate of drug-likeness (QED) is 0.598. The highest BCUT2D eigenvalue weighted by atomic mass is 35.5. The van der Waals surface area contributed by atoms with Gasteiger partial charge in [-0.25, -0.2) is 0 Å². The maximum Gasteiger partial charge on any atom is 0.218 e. The van der Waals surface area contributed by atoms with Gasteiger partial charge in [-0.05, 0) is 55.3 Å². The molecule has 21 heavy (non-hydrogen) atoms. The zero-order valence-corrected chi connectivity index (χ0v) is 12.4. The Balaban J connectivity index is 2.06. The Morgan fingerprint density at radius 3 is 2.43 bits per heavy atom. The topological polar surface area (TPSA) is 60.7 Å². The van der Waals surface area contributed by atoms with Crippen LogP contribution < -0.4 is 0 Å². The van der Waals surface area contributed by atoms with Gasteiger partial charge in [0.15, 0.2) is 5.69 Å². The number of halogens is 1. The lowest BCUT2D eigenvalue weighted by atomic mass is 10.1. The average molecular weight is 300 g/mol. The van der Waals surface area contributed by atoms with E-state index >= 15 is 0 Å². The molecule has 1 aromatic heterocycles. The molecule has 0 spiro atoms. The first kappa shape index (κ1) is 13.6. The van der Waals surface area contributed by atoms with Crippen molar-refractivity contribution in [1.29, 1.82) is 0 Å². The number of azo groups is 1. The van der Waals surface area contributed by atoms with E-state index in [1.165, 1.54) is 0 Å². The van der Waals surface area contributed by atoms with E-state index in [1.807, 2.05) is 26.0 Å². The van der Waals surface area contributed by atoms with Crippen LogP contribution in [0.4, 0.5) is 11.4 Å². The van der Waals surface area contributed by atoms with Gasteiger partial charge in [0, 0.05) is 10.4 Å². The van der Waals surface area contributed by atoms with Crippen LogP contribution in [0.25, 0.3) is 10.9 Å². The third-order valence-corrected chi connectivity index (χ3v) is 3.42. The molecule has 0 aliphatic rings. The minimum atomic E-state index is -0.0135. The highest BCUT2D eigenvalue weighted by molar-refractivity contribution is 6.31. The largest absolute Gasteiger partial charge is 0.493 e. The summed E-state index contributed by atoms with van der Waals surface area (Å²) in [7, 11) is 0. The molecule has 0 unspecified atom stereocenters. The van der Waals surface area contributed by atoms with E-state index in [2.05, 4.69) is 21.3 Å². The van der Waals surface area contributed by atoms with Crippen molar-refractivity contribution in [2.24, 2.45) is 10.2 Å². The molecule has 5 heteroatoms. The highest BCUT2D eigenvalue weighted by Crippen LogP contribution is 2.37. The molecule has 0 aliphatic carbocycles. The summed E-state index contributed by atoms with van der Waals surface area (Å²) in [4.78, 5) is 2.86. The summed E-state index contributed by atoms with van der Waals surface area (Å²) < 4.78 is 0. The van der Waals surface area contributed by atoms with Crippen LogP contribution in [0.5, 0.6) is 5.88 Å². The van der Waals surface area contributed by atoms with Crippen molar-refractivity contribution in [3.8, 4) is 5.88 Å². The van der Waals surface area contributed by atoms with Gasteiger partial charge in [0.05, 0.1) is 11.2 Å². The molecule has 0 saturated carbocycles. The van der Waals surface area contributed by atoms with Gasteiger partial charge in [-0.2, -0.15) is 5.11 Å². The zero-order chi connectivity index (χ0) is 15.0. The van der Waals surface area contributed by atoms with Gasteiger partial charge in [0.2, 0.25) is 5.88 Å². The van der Waals surface area contributed by atoms with Crippen molar-refractivity contribution in [1.82, 2.24) is 4.98 Å². The van der Waals surface area contributed by atoms with Gasteiger partial charge in [-0.3, -0.25) is 0 Å². The third kappa shape index (κ3) is 2.76. The molecule has 0 radical (unpaired) electrons. The van der Waals surface area contributed by atoms with E-state index in [-0.39, 0.29) is 5.88 Å². The van der Waals surface area contributed by atoms with Gasteiger partial charge >= 0.3 is 0 Å². The van der Waals surface area contributed by atoms with Crippen LogP contribution in [-0.2, 0) is 0 Å². The van der Waals surface area contributed by atoms with Crippen LogP contribution in [0.2, 0.25) is 5.02 Å². The fourth-order valence-electron chi connectivity index (χ4n) is 2.35. The third-order valence-electron chi connectivity index (χ3n) is 3.19. The number of nitrogens with zero attached hydrogens (tertiary/aromatic N) is 2. The summed E-state index contributed by atoms with van der Waals surface area (Å²) in [5.74, 6) is -0.0135. The maximum absolute atomic E-state index is 9.96. The molecule has 0 amide bonds. The number of aryl methyl sites for hydroxylation is 2. The molecule has 106 valence electrons. The molecular weight excluding hydrogens is 286 g/mol. The van der Waals surface area contributed by atoms with Crippen LogP contribution >= 0.6 is 11.6 Å². The minimum absolute atomic E-state index is 0.0135. The van der Waals surface area contributed by atoms with Gasteiger partial charge < -0.3 is 10.1 Å². The number of aromatic nitrogens is 1. The first-order valence-corrected chi connectivity index (χ1v) is 6.91. The smallest absolute Gasteiger partial charge is 0.218 e. The first-order chi connectivity index (χ1) is 10.0. The predicted molar refractivity (Wildman–Crippen MR) is 85.1 cm³/mol. The molecular formula is C16H14ClN3O. The monoisotopic (exact) mass is 299 g/mol. The Hall–Kier alpha value is -2.33. The van der Waals surface area contributed by atoms with Crippen LogP contribution in [-0.4, -0.2) is 10.1 Å². The minimum Gasteiger partial charge on any atom is -0.493 e. The van der Waals surface area contributed by atoms with E-state index in [0.717, 1.165) is 27.7 Å². The number of benzene rings is 2. The molecule has 2 aromatic carbocycles. The predicted octanol–water partition coefficient (Wildman–Crippen LogP) is 5.56. The van der Waals surface area contributed by atoms with Crippen molar-refractivity contribution in [2.75, 3.05) is 0 Å². The van der Waals surface area contributed by atoms with Crippen LogP contribution in [0.3, 0.4) is 0 Å². The lowest BCUT2D eigenvalue weighted by Crippen LogP contribution is -1.75. The lowest BCUT2D eigenvalue weighted by Gasteiger charge is -1.98. The number of rotatable bonds is 2. The number of aromatic amines is 1. The molecule has 3 aromatic rings. The summed E-state index contributed by atoms with van der Waals surface area (Å²) in [6, 6.07) is 11.3. The highest BCUT2D eigenvalue weighted by Gasteiger charge is 2.10. The van der Waals surface area contributed by atoms with Crippen molar-refractivity contribution >= 4 is 33.9 Å². The van der Waals surface area contributed by atoms with Crippen LogP contribution in [0.15, 0.2) is 46.6 Å². The summed E-state index contributed by atoms with van der Waals surface area (Å²) in [6.07, 6.45) is 0. The first-order valence-electron chi connectivity index (χ1n) is 6.53. The average Bonchev–Trinajstić information content (AvgIpc) is 2.70. The summed E-state index contributed by atoms with van der Waals surface area (Å²) in [5, 5.41) is 19.7. The summed E-state index contributed by atoms with van der Waals surface area (Å²) in [6.45, 7) is 4.02. The molecule has 0 aliphatic heterocycles. The van der Waals surface area contributed by atoms with Gasteiger partial charge in [0.1, 0.15) is 0 Å². The van der Waals surface area contributed by atoms with E-state index in [1.54, 1.807) is 18.2 Å². The Bertz CT molecular complexity index is 832. The number of H-pyrrole nitrogens is 1. The number of hydrogen-bond donors (Lipinski definition) is 2. The maximum atomic E-state index is 9.96. The van der Waals surface area contributed by atoms with Crippen molar-refractivity contribution in [3.63, 3.8) is 0 Å². The number of nitrogens with one attached hydrogen (secondary N) is 1.